The molecule has 1 heterocycles. The molecule has 1 aliphatic rings. The van der Waals surface area contributed by atoms with Crippen LogP contribution < -0.4 is 16.2 Å². The third-order valence-corrected chi connectivity index (χ3v) is 6.61. The van der Waals surface area contributed by atoms with Crippen molar-refractivity contribution in [3.63, 3.8) is 0 Å². The molecule has 3 rings (SSSR count). The number of fused-ring (bicyclic) bond motifs is 1. The third kappa shape index (κ3) is 3.62. The van der Waals surface area contributed by atoms with Gasteiger partial charge in [-0.05, 0) is 55.6 Å². The van der Waals surface area contributed by atoms with Crippen LogP contribution >= 0.6 is 0 Å². The Bertz CT molecular complexity index is 939. The van der Waals surface area contributed by atoms with Crippen LogP contribution in [-0.2, 0) is 9.71 Å². The predicted octanol–water partition coefficient (Wildman–Crippen LogP) is 2.36. The maximum atomic E-state index is 13.3. The standard InChI is InChI=1S/C18H25N5OS/c1-12-11-21-16(22-17(19)20)15-10-13(6-7-14(12)15)25(3,24)23-18(2)8-4-5-9-18/h6-7,10-11H,3-5,8-9H2,1-2H3,(H,23,24)(H4,19,20,21,22). The highest BCUT2D eigenvalue weighted by Gasteiger charge is 2.31. The Hall–Kier alpha value is -2.12. The first-order valence-corrected chi connectivity index (χ1v) is 10.1. The van der Waals surface area contributed by atoms with Crippen molar-refractivity contribution in [1.82, 2.24) is 9.71 Å². The number of aromatic nitrogens is 1. The number of pyridine rings is 1. The summed E-state index contributed by atoms with van der Waals surface area (Å²) in [5.41, 5.74) is 11.9. The Morgan fingerprint density at radius 2 is 2.00 bits per heavy atom. The molecule has 0 saturated heterocycles. The zero-order valence-corrected chi connectivity index (χ0v) is 15.5. The molecule has 0 amide bonds. The van der Waals surface area contributed by atoms with Crippen LogP contribution in [0.15, 0.2) is 34.3 Å². The summed E-state index contributed by atoms with van der Waals surface area (Å²) in [4.78, 5) is 9.03. The largest absolute Gasteiger partial charge is 0.370 e. The summed E-state index contributed by atoms with van der Waals surface area (Å²) in [6.45, 7) is 4.08. The van der Waals surface area contributed by atoms with E-state index in [1.54, 1.807) is 6.20 Å². The molecule has 7 heteroatoms. The van der Waals surface area contributed by atoms with E-state index in [1.165, 1.54) is 0 Å². The zero-order chi connectivity index (χ0) is 18.2. The summed E-state index contributed by atoms with van der Waals surface area (Å²) in [7, 11) is -2.64. The normalized spacial score (nSPS) is 18.8. The number of hydrogen-bond donors (Lipinski definition) is 3. The minimum Gasteiger partial charge on any atom is -0.370 e. The number of aliphatic imine (C=N–C) groups is 1. The van der Waals surface area contributed by atoms with E-state index in [0.717, 1.165) is 42.0 Å². The van der Waals surface area contributed by atoms with Crippen LogP contribution in [0.4, 0.5) is 5.82 Å². The molecule has 1 fully saturated rings. The molecule has 5 N–H and O–H groups in total. The average Bonchev–Trinajstić information content (AvgIpc) is 2.95. The van der Waals surface area contributed by atoms with E-state index in [9.17, 15) is 4.21 Å². The van der Waals surface area contributed by atoms with Gasteiger partial charge in [-0.3, -0.25) is 0 Å². The fourth-order valence-electron chi connectivity index (χ4n) is 3.48. The maximum Gasteiger partial charge on any atom is 0.192 e. The second-order valence-electron chi connectivity index (χ2n) is 7.05. The average molecular weight is 359 g/mol. The van der Waals surface area contributed by atoms with Crippen molar-refractivity contribution < 1.29 is 4.21 Å². The highest BCUT2D eigenvalue weighted by molar-refractivity contribution is 7.98. The molecule has 25 heavy (non-hydrogen) atoms. The van der Waals surface area contributed by atoms with Crippen molar-refractivity contribution in [3.05, 3.63) is 30.0 Å². The van der Waals surface area contributed by atoms with Crippen LogP contribution in [0.5, 0.6) is 0 Å². The van der Waals surface area contributed by atoms with Gasteiger partial charge in [0.25, 0.3) is 0 Å². The van der Waals surface area contributed by atoms with Crippen LogP contribution in [0.1, 0.15) is 38.2 Å². The number of benzene rings is 1. The highest BCUT2D eigenvalue weighted by Crippen LogP contribution is 2.32. The molecule has 0 spiro atoms. The SMILES string of the molecule is C=S(=O)(NC1(C)CCCC1)c1ccc2c(C)cnc(N=C(N)N)c2c1. The topological polar surface area (TPSA) is 106 Å². The minimum absolute atomic E-state index is 0.0602. The first kappa shape index (κ1) is 17.7. The Morgan fingerprint density at radius 3 is 2.64 bits per heavy atom. The molecule has 1 aliphatic carbocycles. The molecular weight excluding hydrogens is 334 g/mol. The number of guanidine groups is 1. The molecule has 1 aromatic heterocycles. The molecule has 1 unspecified atom stereocenters. The number of nitrogens with one attached hydrogen (secondary N) is 1. The van der Waals surface area contributed by atoms with Gasteiger partial charge in [0, 0.05) is 22.0 Å². The Morgan fingerprint density at radius 1 is 1.32 bits per heavy atom. The van der Waals surface area contributed by atoms with E-state index < -0.39 is 9.71 Å². The van der Waals surface area contributed by atoms with Gasteiger partial charge < -0.3 is 11.5 Å². The van der Waals surface area contributed by atoms with Gasteiger partial charge in [0.1, 0.15) is 0 Å². The lowest BCUT2D eigenvalue weighted by Crippen LogP contribution is -2.43. The van der Waals surface area contributed by atoms with Crippen LogP contribution in [0.25, 0.3) is 10.8 Å². The van der Waals surface area contributed by atoms with Gasteiger partial charge in [-0.25, -0.2) is 13.9 Å². The van der Waals surface area contributed by atoms with Crippen molar-refractivity contribution in [2.24, 2.45) is 16.5 Å². The van der Waals surface area contributed by atoms with Crippen LogP contribution in [0, 0.1) is 6.92 Å². The van der Waals surface area contributed by atoms with Crippen molar-refractivity contribution in [1.29, 1.82) is 0 Å². The summed E-state index contributed by atoms with van der Waals surface area (Å²) in [5, 5.41) is 1.74. The molecule has 0 radical (unpaired) electrons. The molecule has 0 bridgehead atoms. The van der Waals surface area contributed by atoms with Gasteiger partial charge in [-0.15, -0.1) is 0 Å². The number of nitrogens with zero attached hydrogens (tertiary/aromatic N) is 2. The molecule has 2 aromatic rings. The maximum absolute atomic E-state index is 13.3. The van der Waals surface area contributed by atoms with E-state index in [0.29, 0.717) is 10.7 Å². The Labute approximate surface area is 148 Å². The molecule has 0 aliphatic heterocycles. The minimum atomic E-state index is -2.64. The zero-order valence-electron chi connectivity index (χ0n) is 14.7. The van der Waals surface area contributed by atoms with Crippen molar-refractivity contribution in [2.75, 3.05) is 0 Å². The van der Waals surface area contributed by atoms with Crippen LogP contribution in [0.3, 0.4) is 0 Å². The molecule has 1 saturated carbocycles. The fourth-order valence-corrected chi connectivity index (χ4v) is 5.19. The van der Waals surface area contributed by atoms with Crippen molar-refractivity contribution in [3.8, 4) is 0 Å². The van der Waals surface area contributed by atoms with E-state index in [4.69, 9.17) is 11.5 Å². The van der Waals surface area contributed by atoms with E-state index >= 15 is 0 Å². The molecule has 1 aromatic carbocycles. The van der Waals surface area contributed by atoms with Gasteiger partial charge in [0.2, 0.25) is 0 Å². The quantitative estimate of drug-likeness (QED) is 0.442. The van der Waals surface area contributed by atoms with Crippen molar-refractivity contribution >= 4 is 38.1 Å². The summed E-state index contributed by atoms with van der Waals surface area (Å²) < 4.78 is 16.6. The van der Waals surface area contributed by atoms with Crippen LogP contribution in [0.2, 0.25) is 0 Å². The molecule has 1 atom stereocenters. The van der Waals surface area contributed by atoms with Gasteiger partial charge in [0.05, 0.1) is 9.71 Å². The smallest absolute Gasteiger partial charge is 0.192 e. The molecule has 6 nitrogen and oxygen atoms in total. The predicted molar refractivity (Wildman–Crippen MR) is 105 cm³/mol. The molecule has 134 valence electrons. The first-order chi connectivity index (χ1) is 11.7. The summed E-state index contributed by atoms with van der Waals surface area (Å²) in [6, 6.07) is 5.62. The first-order valence-electron chi connectivity index (χ1n) is 8.35. The number of hydrogen-bond acceptors (Lipinski definition) is 3. The second kappa shape index (κ2) is 6.31. The highest BCUT2D eigenvalue weighted by atomic mass is 32.2. The monoisotopic (exact) mass is 359 g/mol. The van der Waals surface area contributed by atoms with Crippen LogP contribution in [-0.4, -0.2) is 26.6 Å². The Kier molecular flexibility index (Phi) is 4.47. The number of aryl methyl sites for hydroxylation is 1. The molecular formula is C18H25N5OS. The van der Waals surface area contributed by atoms with E-state index in [2.05, 4.69) is 27.5 Å². The summed E-state index contributed by atoms with van der Waals surface area (Å²) in [6.07, 6.45) is 6.03. The lowest BCUT2D eigenvalue weighted by Gasteiger charge is -2.28. The third-order valence-electron chi connectivity index (χ3n) is 4.77. The van der Waals surface area contributed by atoms with Gasteiger partial charge >= 0.3 is 0 Å². The fraction of sp³-hybridized carbons (Fsp3) is 0.389. The second-order valence-corrected chi connectivity index (χ2v) is 9.08. The lowest BCUT2D eigenvalue weighted by atomic mass is 10.0. The number of nitrogens with two attached hydrogens (primary N) is 2. The number of rotatable bonds is 4. The van der Waals surface area contributed by atoms with Gasteiger partial charge in [0.15, 0.2) is 11.8 Å². The van der Waals surface area contributed by atoms with Gasteiger partial charge in [-0.1, -0.05) is 18.9 Å². The summed E-state index contributed by atoms with van der Waals surface area (Å²) in [5.74, 6) is 4.34. The van der Waals surface area contributed by atoms with Gasteiger partial charge in [-0.2, -0.15) is 4.99 Å². The van der Waals surface area contributed by atoms with E-state index in [1.807, 2.05) is 25.1 Å². The van der Waals surface area contributed by atoms with Crippen molar-refractivity contribution in [2.45, 2.75) is 50.0 Å². The summed E-state index contributed by atoms with van der Waals surface area (Å²) >= 11 is 0. The van der Waals surface area contributed by atoms with E-state index in [-0.39, 0.29) is 11.5 Å². The lowest BCUT2D eigenvalue weighted by molar-refractivity contribution is 0.441. The Balaban J connectivity index is 2.09.